The van der Waals surface area contributed by atoms with Gasteiger partial charge < -0.3 is 20.1 Å². The number of amides is 1. The highest BCUT2D eigenvalue weighted by Crippen LogP contribution is 2.48. The van der Waals surface area contributed by atoms with Gasteiger partial charge in [-0.1, -0.05) is 75.4 Å². The van der Waals surface area contributed by atoms with Gasteiger partial charge in [0.15, 0.2) is 0 Å². The van der Waals surface area contributed by atoms with Gasteiger partial charge in [0.25, 0.3) is 0 Å². The SMILES string of the molecule is CC(C)(C)c1ccc([C@@H]2C=C3Nc4ccccc4N(C(=O)CCC(=O)[O-])[C@@H](c4ccc(C(F)(F)F)cc4)[C@@H]3C(=O)C2)cc1. The number of para-hydroxylation sites is 2. The molecular weight excluding hydrogens is 557 g/mol. The molecule has 1 aliphatic heterocycles. The van der Waals surface area contributed by atoms with Crippen LogP contribution >= 0.6 is 0 Å². The van der Waals surface area contributed by atoms with Gasteiger partial charge in [-0.25, -0.2) is 0 Å². The highest BCUT2D eigenvalue weighted by atomic mass is 19.4. The van der Waals surface area contributed by atoms with Crippen LogP contribution in [0.3, 0.4) is 0 Å². The molecule has 0 spiro atoms. The van der Waals surface area contributed by atoms with Crippen molar-refractivity contribution in [2.75, 3.05) is 10.2 Å². The molecule has 3 atom stereocenters. The van der Waals surface area contributed by atoms with E-state index in [1.54, 1.807) is 24.3 Å². The van der Waals surface area contributed by atoms with E-state index in [4.69, 9.17) is 0 Å². The Labute approximate surface area is 248 Å². The van der Waals surface area contributed by atoms with Gasteiger partial charge in [0.2, 0.25) is 5.91 Å². The van der Waals surface area contributed by atoms with E-state index in [1.807, 2.05) is 30.3 Å². The molecule has 0 aromatic heterocycles. The number of Topliss-reactive ketones (excluding diaryl/α,β-unsaturated/α-hetero) is 1. The number of ketones is 1. The fraction of sp³-hybridized carbons (Fsp3) is 0.324. The lowest BCUT2D eigenvalue weighted by Crippen LogP contribution is -2.43. The molecule has 0 saturated carbocycles. The predicted octanol–water partition coefficient (Wildman–Crippen LogP) is 6.29. The summed E-state index contributed by atoms with van der Waals surface area (Å²) >= 11 is 0. The van der Waals surface area contributed by atoms with Crippen LogP contribution < -0.4 is 15.3 Å². The van der Waals surface area contributed by atoms with E-state index >= 15 is 0 Å². The highest BCUT2D eigenvalue weighted by Gasteiger charge is 2.45. The first kappa shape index (κ1) is 30.1. The zero-order valence-electron chi connectivity index (χ0n) is 24.1. The van der Waals surface area contributed by atoms with Gasteiger partial charge in [0.05, 0.1) is 28.9 Å². The summed E-state index contributed by atoms with van der Waals surface area (Å²) in [6, 6.07) is 18.4. The fourth-order valence-corrected chi connectivity index (χ4v) is 5.88. The second-order valence-corrected chi connectivity index (χ2v) is 12.1. The second kappa shape index (κ2) is 11.4. The minimum absolute atomic E-state index is 0.0430. The third-order valence-electron chi connectivity index (χ3n) is 8.12. The molecule has 9 heteroatoms. The Morgan fingerprint density at radius 2 is 1.49 bits per heavy atom. The number of nitrogens with zero attached hydrogens (tertiary/aromatic N) is 1. The number of nitrogens with one attached hydrogen (secondary N) is 1. The summed E-state index contributed by atoms with van der Waals surface area (Å²) in [6.07, 6.45) is -3.43. The number of hydrogen-bond acceptors (Lipinski definition) is 5. The summed E-state index contributed by atoms with van der Waals surface area (Å²) in [5.74, 6) is -3.37. The Bertz CT molecular complexity index is 1570. The highest BCUT2D eigenvalue weighted by molar-refractivity contribution is 6.02. The Morgan fingerprint density at radius 3 is 2.09 bits per heavy atom. The first-order valence-corrected chi connectivity index (χ1v) is 14.1. The number of hydrogen-bond donors (Lipinski definition) is 1. The summed E-state index contributed by atoms with van der Waals surface area (Å²) in [7, 11) is 0. The average molecular weight is 590 g/mol. The van der Waals surface area contributed by atoms with Crippen molar-refractivity contribution in [3.05, 3.63) is 107 Å². The molecule has 6 nitrogen and oxygen atoms in total. The minimum Gasteiger partial charge on any atom is -0.550 e. The maximum Gasteiger partial charge on any atom is 0.416 e. The molecule has 0 fully saturated rings. The maximum absolute atomic E-state index is 14.1. The maximum atomic E-state index is 14.1. The number of carbonyl (C=O) groups is 3. The molecule has 1 N–H and O–H groups in total. The molecule has 1 aliphatic carbocycles. The van der Waals surface area contributed by atoms with Crippen molar-refractivity contribution < 1.29 is 32.7 Å². The van der Waals surface area contributed by atoms with E-state index in [0.717, 1.165) is 23.3 Å². The molecule has 224 valence electrons. The predicted molar refractivity (Wildman–Crippen MR) is 155 cm³/mol. The van der Waals surface area contributed by atoms with Crippen LogP contribution in [-0.4, -0.2) is 17.7 Å². The van der Waals surface area contributed by atoms with Crippen LogP contribution in [0.4, 0.5) is 24.5 Å². The monoisotopic (exact) mass is 589 g/mol. The number of alkyl halides is 3. The number of aliphatic carboxylic acids is 1. The summed E-state index contributed by atoms with van der Waals surface area (Å²) in [5.41, 5.74) is 2.97. The van der Waals surface area contributed by atoms with Crippen molar-refractivity contribution in [1.29, 1.82) is 0 Å². The zero-order valence-corrected chi connectivity index (χ0v) is 24.1. The fourth-order valence-electron chi connectivity index (χ4n) is 5.88. The lowest BCUT2D eigenvalue weighted by Gasteiger charge is -2.38. The van der Waals surface area contributed by atoms with Gasteiger partial charge >= 0.3 is 6.18 Å². The van der Waals surface area contributed by atoms with Crippen LogP contribution in [0.2, 0.25) is 0 Å². The number of fused-ring (bicyclic) bond motifs is 2. The Morgan fingerprint density at radius 1 is 0.884 bits per heavy atom. The molecule has 2 aliphatic rings. The van der Waals surface area contributed by atoms with Gasteiger partial charge in [0, 0.05) is 30.4 Å². The molecule has 1 amide bonds. The van der Waals surface area contributed by atoms with Crippen molar-refractivity contribution in [3.63, 3.8) is 0 Å². The number of benzene rings is 3. The number of carboxylic acids is 1. The summed E-state index contributed by atoms with van der Waals surface area (Å²) < 4.78 is 40.3. The number of halogens is 3. The second-order valence-electron chi connectivity index (χ2n) is 12.1. The smallest absolute Gasteiger partial charge is 0.416 e. The van der Waals surface area contributed by atoms with Gasteiger partial charge in [-0.05, 0) is 52.8 Å². The number of anilines is 2. The standard InChI is InChI=1S/C34H33F3N2O4/c1-33(2,3)23-12-8-20(9-13-23)22-18-26-31(28(40)19-22)32(21-10-14-24(15-11-21)34(35,36)37)39(29(41)16-17-30(42)43)27-7-5-4-6-25(27)38-26/h4-15,18,22,31-32,38H,16-17,19H2,1-3H3,(H,42,43)/p-1/t22-,31+,32+/m1/s1. The van der Waals surface area contributed by atoms with Crippen molar-refractivity contribution in [2.24, 2.45) is 5.92 Å². The molecule has 0 saturated heterocycles. The van der Waals surface area contributed by atoms with E-state index in [0.29, 0.717) is 22.6 Å². The van der Waals surface area contributed by atoms with Crippen molar-refractivity contribution in [3.8, 4) is 0 Å². The average Bonchev–Trinajstić information content (AvgIpc) is 3.10. The van der Waals surface area contributed by atoms with Crippen molar-refractivity contribution >= 4 is 29.0 Å². The Hall–Kier alpha value is -4.40. The molecular formula is C34H32F3N2O4-. The number of allylic oxidation sites excluding steroid dienone is 1. The van der Waals surface area contributed by atoms with E-state index < -0.39 is 48.4 Å². The van der Waals surface area contributed by atoms with Crippen LogP contribution in [-0.2, 0) is 26.0 Å². The zero-order chi connectivity index (χ0) is 31.1. The molecule has 0 radical (unpaired) electrons. The Balaban J connectivity index is 1.65. The van der Waals surface area contributed by atoms with Crippen molar-refractivity contribution in [1.82, 2.24) is 0 Å². The van der Waals surface area contributed by atoms with E-state index in [1.165, 1.54) is 17.0 Å². The summed E-state index contributed by atoms with van der Waals surface area (Å²) in [5, 5.41) is 14.6. The van der Waals surface area contributed by atoms with E-state index in [-0.39, 0.29) is 23.5 Å². The third kappa shape index (κ3) is 6.21. The molecule has 1 heterocycles. The first-order chi connectivity index (χ1) is 20.2. The largest absolute Gasteiger partial charge is 0.550 e. The molecule has 0 bridgehead atoms. The van der Waals surface area contributed by atoms with Crippen LogP contribution in [0.1, 0.15) is 74.2 Å². The molecule has 0 unspecified atom stereocenters. The quantitative estimate of drug-likeness (QED) is 0.378. The molecule has 5 rings (SSSR count). The first-order valence-electron chi connectivity index (χ1n) is 14.1. The summed E-state index contributed by atoms with van der Waals surface area (Å²) in [6.45, 7) is 6.35. The normalized spacial score (nSPS) is 20.3. The van der Waals surface area contributed by atoms with Gasteiger partial charge in [0.1, 0.15) is 5.78 Å². The van der Waals surface area contributed by atoms with Crippen LogP contribution in [0.25, 0.3) is 0 Å². The van der Waals surface area contributed by atoms with E-state index in [9.17, 15) is 32.7 Å². The van der Waals surface area contributed by atoms with E-state index in [2.05, 4.69) is 26.1 Å². The van der Waals surface area contributed by atoms with Crippen LogP contribution in [0.15, 0.2) is 84.6 Å². The molecule has 3 aromatic rings. The third-order valence-corrected chi connectivity index (χ3v) is 8.12. The minimum atomic E-state index is -4.57. The van der Waals surface area contributed by atoms with Crippen LogP contribution in [0.5, 0.6) is 0 Å². The van der Waals surface area contributed by atoms with Crippen molar-refractivity contribution in [2.45, 2.75) is 63.6 Å². The number of carbonyl (C=O) groups excluding carboxylic acids is 3. The lowest BCUT2D eigenvalue weighted by molar-refractivity contribution is -0.305. The topological polar surface area (TPSA) is 89.5 Å². The number of carboxylic acid groups (broad SMARTS) is 1. The lowest BCUT2D eigenvalue weighted by atomic mass is 9.75. The van der Waals surface area contributed by atoms with Crippen LogP contribution in [0, 0.1) is 5.92 Å². The van der Waals surface area contributed by atoms with Gasteiger partial charge in [-0.3, -0.25) is 9.59 Å². The molecule has 43 heavy (non-hydrogen) atoms. The van der Waals surface area contributed by atoms with Gasteiger partial charge in [-0.2, -0.15) is 13.2 Å². The Kier molecular flexibility index (Phi) is 7.94. The molecule has 3 aromatic carbocycles. The summed E-state index contributed by atoms with van der Waals surface area (Å²) in [4.78, 5) is 40.4. The van der Waals surface area contributed by atoms with Gasteiger partial charge in [-0.15, -0.1) is 0 Å². The number of rotatable bonds is 5.